The summed E-state index contributed by atoms with van der Waals surface area (Å²) < 4.78 is 0.909. The quantitative estimate of drug-likeness (QED) is 0.595. The minimum Gasteiger partial charge on any atom is -0.352 e. The fraction of sp³-hybridized carbons (Fsp3) is 0.105. The summed E-state index contributed by atoms with van der Waals surface area (Å²) in [5.41, 5.74) is 7.53. The molecule has 26 heavy (non-hydrogen) atoms. The number of anilines is 1. The fourth-order valence-corrected chi connectivity index (χ4v) is 2.98. The van der Waals surface area contributed by atoms with E-state index in [0.717, 1.165) is 20.9 Å². The monoisotopic (exact) mass is 412 g/mol. The van der Waals surface area contributed by atoms with Gasteiger partial charge < -0.3 is 16.4 Å². The first-order valence-electron chi connectivity index (χ1n) is 7.98. The third-order valence-electron chi connectivity index (χ3n) is 3.90. The van der Waals surface area contributed by atoms with Crippen LogP contribution in [0, 0.1) is 0 Å². The average Bonchev–Trinajstić information content (AvgIpc) is 2.62. The van der Waals surface area contributed by atoms with Gasteiger partial charge in [-0.25, -0.2) is 4.79 Å². The van der Waals surface area contributed by atoms with Gasteiger partial charge in [0.05, 0.1) is 23.7 Å². The largest absolute Gasteiger partial charge is 0.352 e. The topological polar surface area (TPSA) is 97.1 Å². The number of nitrogens with zero attached hydrogens (tertiary/aromatic N) is 1. The number of benzene rings is 2. The summed E-state index contributed by atoms with van der Waals surface area (Å²) in [6.45, 7) is 0. The Morgan fingerprint density at radius 1 is 1.08 bits per heavy atom. The van der Waals surface area contributed by atoms with Gasteiger partial charge in [0.15, 0.2) is 0 Å². The van der Waals surface area contributed by atoms with Crippen molar-refractivity contribution in [3.63, 3.8) is 0 Å². The Balaban J connectivity index is 1.79. The standard InChI is InChI=1S/C19H17BrN4O2/c20-13-8-6-12(7-9-13)17(24-19(21)26)11-18(25)23-16-5-1-4-15-14(16)3-2-10-22-15/h1-10,17H,11H2,(H,23,25)(H3,21,24,26)/t17-/m0/s1. The molecular formula is C19H17BrN4O2. The highest BCUT2D eigenvalue weighted by molar-refractivity contribution is 9.10. The van der Waals surface area contributed by atoms with Gasteiger partial charge in [0, 0.05) is 16.1 Å². The Labute approximate surface area is 158 Å². The van der Waals surface area contributed by atoms with E-state index in [4.69, 9.17) is 5.73 Å². The Morgan fingerprint density at radius 2 is 1.85 bits per heavy atom. The number of pyridine rings is 1. The number of halogens is 1. The summed E-state index contributed by atoms with van der Waals surface area (Å²) in [6, 6.07) is 15.4. The maximum Gasteiger partial charge on any atom is 0.312 e. The molecule has 0 aliphatic rings. The maximum atomic E-state index is 12.6. The molecule has 3 amide bonds. The zero-order valence-electron chi connectivity index (χ0n) is 13.8. The summed E-state index contributed by atoms with van der Waals surface area (Å²) in [4.78, 5) is 28.2. The van der Waals surface area contributed by atoms with Crippen molar-refractivity contribution in [1.82, 2.24) is 10.3 Å². The number of nitrogens with one attached hydrogen (secondary N) is 2. The number of nitrogens with two attached hydrogens (primary N) is 1. The van der Waals surface area contributed by atoms with E-state index in [0.29, 0.717) is 5.69 Å². The van der Waals surface area contributed by atoms with Gasteiger partial charge in [0.2, 0.25) is 5.91 Å². The summed E-state index contributed by atoms with van der Waals surface area (Å²) in [5, 5.41) is 6.36. The molecule has 4 N–H and O–H groups in total. The lowest BCUT2D eigenvalue weighted by Gasteiger charge is -2.18. The Bertz CT molecular complexity index is 938. The number of fused-ring (bicyclic) bond motifs is 1. The second kappa shape index (κ2) is 7.97. The highest BCUT2D eigenvalue weighted by Gasteiger charge is 2.18. The number of rotatable bonds is 5. The molecule has 0 spiro atoms. The summed E-state index contributed by atoms with van der Waals surface area (Å²) in [5.74, 6) is -0.233. The predicted octanol–water partition coefficient (Wildman–Crippen LogP) is 3.74. The Hall–Kier alpha value is -2.93. The van der Waals surface area contributed by atoms with Crippen molar-refractivity contribution in [2.45, 2.75) is 12.5 Å². The van der Waals surface area contributed by atoms with Gasteiger partial charge >= 0.3 is 6.03 Å². The normalized spacial score (nSPS) is 11.7. The van der Waals surface area contributed by atoms with Gasteiger partial charge in [-0.05, 0) is 42.0 Å². The Morgan fingerprint density at radius 3 is 2.58 bits per heavy atom. The fourth-order valence-electron chi connectivity index (χ4n) is 2.72. The molecule has 3 aromatic rings. The molecule has 0 fully saturated rings. The number of aromatic nitrogens is 1. The Kier molecular flexibility index (Phi) is 5.48. The van der Waals surface area contributed by atoms with Crippen LogP contribution in [0.15, 0.2) is 65.3 Å². The molecule has 6 nitrogen and oxygen atoms in total. The van der Waals surface area contributed by atoms with Crippen LogP contribution < -0.4 is 16.4 Å². The molecule has 0 radical (unpaired) electrons. The molecule has 0 bridgehead atoms. The second-order valence-electron chi connectivity index (χ2n) is 5.74. The molecule has 2 aromatic carbocycles. The van der Waals surface area contributed by atoms with Gasteiger partial charge in [-0.2, -0.15) is 0 Å². The first-order chi connectivity index (χ1) is 12.5. The molecule has 3 rings (SSSR count). The van der Waals surface area contributed by atoms with Crippen LogP contribution in [0.1, 0.15) is 18.0 Å². The third-order valence-corrected chi connectivity index (χ3v) is 4.43. The molecule has 0 aliphatic heterocycles. The van der Waals surface area contributed by atoms with Crippen LogP contribution in [0.4, 0.5) is 10.5 Å². The van der Waals surface area contributed by atoms with E-state index >= 15 is 0 Å². The number of hydrogen-bond donors (Lipinski definition) is 3. The molecule has 1 aromatic heterocycles. The van der Waals surface area contributed by atoms with E-state index in [2.05, 4.69) is 31.5 Å². The highest BCUT2D eigenvalue weighted by Crippen LogP contribution is 2.24. The van der Waals surface area contributed by atoms with Gasteiger partial charge in [-0.1, -0.05) is 34.1 Å². The van der Waals surface area contributed by atoms with E-state index in [1.165, 1.54) is 0 Å². The van der Waals surface area contributed by atoms with Crippen molar-refractivity contribution >= 4 is 44.5 Å². The number of carbonyl (C=O) groups is 2. The van der Waals surface area contributed by atoms with Gasteiger partial charge in [-0.3, -0.25) is 9.78 Å². The van der Waals surface area contributed by atoms with Crippen molar-refractivity contribution in [2.75, 3.05) is 5.32 Å². The smallest absolute Gasteiger partial charge is 0.312 e. The average molecular weight is 413 g/mol. The van der Waals surface area contributed by atoms with Crippen LogP contribution in [0.5, 0.6) is 0 Å². The van der Waals surface area contributed by atoms with E-state index in [1.54, 1.807) is 6.20 Å². The van der Waals surface area contributed by atoms with Crippen LogP contribution >= 0.6 is 15.9 Å². The zero-order valence-corrected chi connectivity index (χ0v) is 15.4. The molecule has 1 heterocycles. The maximum absolute atomic E-state index is 12.6. The number of urea groups is 1. The van der Waals surface area contributed by atoms with E-state index < -0.39 is 12.1 Å². The lowest BCUT2D eigenvalue weighted by Crippen LogP contribution is -2.35. The SMILES string of the molecule is NC(=O)N[C@@H](CC(=O)Nc1cccc2ncccc12)c1ccc(Br)cc1. The van der Waals surface area contributed by atoms with E-state index in [1.807, 2.05) is 54.6 Å². The summed E-state index contributed by atoms with van der Waals surface area (Å²) in [7, 11) is 0. The van der Waals surface area contributed by atoms with Crippen molar-refractivity contribution in [2.24, 2.45) is 5.73 Å². The molecule has 0 saturated carbocycles. The van der Waals surface area contributed by atoms with Crippen LogP contribution in [-0.4, -0.2) is 16.9 Å². The molecular weight excluding hydrogens is 396 g/mol. The molecule has 0 unspecified atom stereocenters. The molecule has 7 heteroatoms. The molecule has 0 aliphatic carbocycles. The molecule has 1 atom stereocenters. The van der Waals surface area contributed by atoms with Gasteiger partial charge in [0.1, 0.15) is 0 Å². The number of primary amides is 1. The first kappa shape index (κ1) is 17.9. The van der Waals surface area contributed by atoms with Crippen molar-refractivity contribution in [1.29, 1.82) is 0 Å². The lowest BCUT2D eigenvalue weighted by molar-refractivity contribution is -0.116. The third kappa shape index (κ3) is 4.37. The van der Waals surface area contributed by atoms with Gasteiger partial charge in [0.25, 0.3) is 0 Å². The van der Waals surface area contributed by atoms with Crippen LogP contribution in [0.3, 0.4) is 0 Å². The van der Waals surface area contributed by atoms with Crippen molar-refractivity contribution in [3.05, 3.63) is 70.8 Å². The highest BCUT2D eigenvalue weighted by atomic mass is 79.9. The summed E-state index contributed by atoms with van der Waals surface area (Å²) in [6.07, 6.45) is 1.76. The first-order valence-corrected chi connectivity index (χ1v) is 8.77. The minimum absolute atomic E-state index is 0.0568. The van der Waals surface area contributed by atoms with Crippen molar-refractivity contribution in [3.8, 4) is 0 Å². The predicted molar refractivity (Wildman–Crippen MR) is 105 cm³/mol. The van der Waals surface area contributed by atoms with Crippen LogP contribution in [0.2, 0.25) is 0 Å². The lowest BCUT2D eigenvalue weighted by atomic mass is 10.0. The molecule has 132 valence electrons. The number of amides is 3. The van der Waals surface area contributed by atoms with E-state index in [9.17, 15) is 9.59 Å². The van der Waals surface area contributed by atoms with Crippen LogP contribution in [-0.2, 0) is 4.79 Å². The van der Waals surface area contributed by atoms with Gasteiger partial charge in [-0.15, -0.1) is 0 Å². The number of hydrogen-bond acceptors (Lipinski definition) is 3. The summed E-state index contributed by atoms with van der Waals surface area (Å²) >= 11 is 3.37. The number of carbonyl (C=O) groups excluding carboxylic acids is 2. The van der Waals surface area contributed by atoms with E-state index in [-0.39, 0.29) is 12.3 Å². The molecule has 0 saturated heterocycles. The second-order valence-corrected chi connectivity index (χ2v) is 6.66. The van der Waals surface area contributed by atoms with Crippen molar-refractivity contribution < 1.29 is 9.59 Å². The van der Waals surface area contributed by atoms with Crippen LogP contribution in [0.25, 0.3) is 10.9 Å². The zero-order chi connectivity index (χ0) is 18.5. The minimum atomic E-state index is -0.680.